The van der Waals surface area contributed by atoms with Gasteiger partial charge in [0.2, 0.25) is 5.54 Å². The number of nitrogens with zero attached hydrogens (tertiary/aromatic N) is 1. The normalized spacial score (nSPS) is 14.2. The van der Waals surface area contributed by atoms with Crippen molar-refractivity contribution in [2.24, 2.45) is 0 Å². The second kappa shape index (κ2) is 6.89. The van der Waals surface area contributed by atoms with Crippen LogP contribution in [-0.2, 0) is 16.1 Å². The Labute approximate surface area is 131 Å². The number of aliphatic carboxylic acids is 1. The van der Waals surface area contributed by atoms with E-state index in [4.69, 9.17) is 9.84 Å². The molecule has 0 bridgehead atoms. The van der Waals surface area contributed by atoms with Gasteiger partial charge in [-0.1, -0.05) is 30.3 Å². The molecule has 5 nitrogen and oxygen atoms in total. The largest absolute Gasteiger partial charge is 0.479 e. The van der Waals surface area contributed by atoms with Crippen LogP contribution in [0.5, 0.6) is 0 Å². The average molecular weight is 333 g/mol. The maximum absolute atomic E-state index is 13.3. The van der Waals surface area contributed by atoms with Crippen molar-refractivity contribution in [3.05, 3.63) is 35.9 Å². The molecule has 1 N–H and O–H groups in total. The summed E-state index contributed by atoms with van der Waals surface area (Å²) >= 11 is 0. The summed E-state index contributed by atoms with van der Waals surface area (Å²) in [6, 6.07) is 7.33. The molecule has 0 radical (unpaired) electrons. The van der Waals surface area contributed by atoms with Gasteiger partial charge in [0.15, 0.2) is 0 Å². The van der Waals surface area contributed by atoms with Crippen molar-refractivity contribution >= 4 is 12.1 Å². The molecule has 1 amide bonds. The molecule has 0 saturated heterocycles. The van der Waals surface area contributed by atoms with Gasteiger partial charge in [0.25, 0.3) is 0 Å². The van der Waals surface area contributed by atoms with Gasteiger partial charge in [-0.25, -0.2) is 9.59 Å². The van der Waals surface area contributed by atoms with Gasteiger partial charge in [0, 0.05) is 6.04 Å². The number of hydrogen-bond acceptors (Lipinski definition) is 3. The van der Waals surface area contributed by atoms with E-state index in [0.29, 0.717) is 12.5 Å². The molecule has 1 aromatic rings. The molecule has 0 aliphatic rings. The number of rotatable bonds is 5. The van der Waals surface area contributed by atoms with Gasteiger partial charge in [-0.15, -0.1) is 0 Å². The van der Waals surface area contributed by atoms with Gasteiger partial charge in [-0.2, -0.15) is 13.2 Å². The van der Waals surface area contributed by atoms with E-state index in [2.05, 4.69) is 0 Å². The van der Waals surface area contributed by atoms with Crippen LogP contribution in [0.4, 0.5) is 18.0 Å². The monoisotopic (exact) mass is 333 g/mol. The third kappa shape index (κ3) is 3.94. The van der Waals surface area contributed by atoms with Crippen LogP contribution in [0.15, 0.2) is 30.3 Å². The van der Waals surface area contributed by atoms with Crippen molar-refractivity contribution in [1.29, 1.82) is 0 Å². The Balaban J connectivity index is 3.05. The highest BCUT2D eigenvalue weighted by Gasteiger charge is 2.63. The fourth-order valence-electron chi connectivity index (χ4n) is 2.06. The highest BCUT2D eigenvalue weighted by Crippen LogP contribution is 2.37. The summed E-state index contributed by atoms with van der Waals surface area (Å²) in [6.45, 7) is 2.77. The predicted molar refractivity (Wildman–Crippen MR) is 75.7 cm³/mol. The molecule has 0 saturated carbocycles. The number of benzene rings is 1. The van der Waals surface area contributed by atoms with Crippen LogP contribution in [0.2, 0.25) is 0 Å². The second-order valence-corrected chi connectivity index (χ2v) is 5.38. The van der Waals surface area contributed by atoms with E-state index in [1.54, 1.807) is 30.3 Å². The maximum atomic E-state index is 13.3. The highest BCUT2D eigenvalue weighted by atomic mass is 19.4. The van der Waals surface area contributed by atoms with Gasteiger partial charge < -0.3 is 9.84 Å². The fraction of sp³-hybridized carbons (Fsp3) is 0.467. The van der Waals surface area contributed by atoms with E-state index in [1.807, 2.05) is 0 Å². The summed E-state index contributed by atoms with van der Waals surface area (Å²) < 4.78 is 44.6. The molecular formula is C15H18F3NO4. The minimum Gasteiger partial charge on any atom is -0.479 e. The van der Waals surface area contributed by atoms with E-state index in [-0.39, 0.29) is 11.5 Å². The molecule has 8 heteroatoms. The van der Waals surface area contributed by atoms with Crippen molar-refractivity contribution in [2.75, 3.05) is 0 Å². The molecule has 0 heterocycles. The van der Waals surface area contributed by atoms with Crippen LogP contribution >= 0.6 is 0 Å². The topological polar surface area (TPSA) is 66.8 Å². The van der Waals surface area contributed by atoms with Crippen molar-refractivity contribution in [1.82, 2.24) is 4.90 Å². The Kier molecular flexibility index (Phi) is 5.63. The molecule has 0 aliphatic heterocycles. The van der Waals surface area contributed by atoms with E-state index in [1.165, 1.54) is 13.8 Å². The molecule has 0 spiro atoms. The molecule has 0 fully saturated rings. The van der Waals surface area contributed by atoms with E-state index in [0.717, 1.165) is 0 Å². The number of carbonyl (C=O) groups is 2. The Hall–Kier alpha value is -2.25. The summed E-state index contributed by atoms with van der Waals surface area (Å²) in [4.78, 5) is 23.5. The van der Waals surface area contributed by atoms with Gasteiger partial charge in [-0.3, -0.25) is 4.90 Å². The molecule has 1 atom stereocenters. The van der Waals surface area contributed by atoms with Crippen molar-refractivity contribution in [2.45, 2.75) is 45.1 Å². The number of halogens is 3. The van der Waals surface area contributed by atoms with Crippen LogP contribution in [0.3, 0.4) is 0 Å². The molecule has 0 aliphatic carbocycles. The third-order valence-electron chi connectivity index (χ3n) is 3.37. The highest BCUT2D eigenvalue weighted by molar-refractivity contribution is 5.85. The molecule has 128 valence electrons. The first-order chi connectivity index (χ1) is 10.5. The van der Waals surface area contributed by atoms with E-state index >= 15 is 0 Å². The average Bonchev–Trinajstić information content (AvgIpc) is 2.44. The standard InChI is InChI=1S/C15H18F3NO4/c1-10(2)19(14(3,12(20)21)15(16,17)18)13(22)23-9-11-7-5-4-6-8-11/h4-8,10H,9H2,1-3H3,(H,20,21). The molecule has 1 unspecified atom stereocenters. The predicted octanol–water partition coefficient (Wildman–Crippen LogP) is 3.44. The van der Waals surface area contributed by atoms with Crippen LogP contribution < -0.4 is 0 Å². The Morgan fingerprint density at radius 2 is 1.74 bits per heavy atom. The number of ether oxygens (including phenoxy) is 1. The molecular weight excluding hydrogens is 315 g/mol. The van der Waals surface area contributed by atoms with E-state index in [9.17, 15) is 22.8 Å². The van der Waals surface area contributed by atoms with Crippen molar-refractivity contribution in [3.8, 4) is 0 Å². The first-order valence-electron chi connectivity index (χ1n) is 6.82. The van der Waals surface area contributed by atoms with Gasteiger partial charge in [0.1, 0.15) is 6.61 Å². The molecule has 1 aromatic carbocycles. The minimum atomic E-state index is -5.16. The minimum absolute atomic E-state index is 0.193. The lowest BCUT2D eigenvalue weighted by Gasteiger charge is -2.40. The lowest BCUT2D eigenvalue weighted by molar-refractivity contribution is -0.231. The quantitative estimate of drug-likeness (QED) is 0.896. The number of carbonyl (C=O) groups excluding carboxylic acids is 1. The SMILES string of the molecule is CC(C)N(C(=O)OCc1ccccc1)C(C)(C(=O)O)C(F)(F)F. The summed E-state index contributed by atoms with van der Waals surface area (Å²) in [5.74, 6) is -2.17. The summed E-state index contributed by atoms with van der Waals surface area (Å²) in [5.41, 5.74) is -2.80. The zero-order chi connectivity index (χ0) is 17.8. The molecule has 0 aromatic heterocycles. The third-order valence-corrected chi connectivity index (χ3v) is 3.37. The Morgan fingerprint density at radius 3 is 2.13 bits per heavy atom. The van der Waals surface area contributed by atoms with Gasteiger partial charge >= 0.3 is 18.2 Å². The van der Waals surface area contributed by atoms with Crippen LogP contribution in [0.25, 0.3) is 0 Å². The number of amides is 1. The maximum Gasteiger partial charge on any atom is 0.422 e. The van der Waals surface area contributed by atoms with Crippen molar-refractivity contribution in [3.63, 3.8) is 0 Å². The Bertz CT molecular complexity index is 560. The summed E-state index contributed by atoms with van der Waals surface area (Å²) in [5, 5.41) is 9.05. The zero-order valence-electron chi connectivity index (χ0n) is 12.9. The fourth-order valence-corrected chi connectivity index (χ4v) is 2.06. The number of hydrogen-bond donors (Lipinski definition) is 1. The lowest BCUT2D eigenvalue weighted by atomic mass is 9.98. The van der Waals surface area contributed by atoms with Crippen LogP contribution in [0.1, 0.15) is 26.3 Å². The van der Waals surface area contributed by atoms with E-state index < -0.39 is 29.8 Å². The molecule has 23 heavy (non-hydrogen) atoms. The van der Waals surface area contributed by atoms with Crippen LogP contribution in [0, 0.1) is 0 Å². The number of carboxylic acids is 1. The molecule has 1 rings (SSSR count). The summed E-state index contributed by atoms with van der Waals surface area (Å²) in [7, 11) is 0. The first kappa shape index (κ1) is 18.8. The van der Waals surface area contributed by atoms with Gasteiger partial charge in [-0.05, 0) is 26.3 Å². The van der Waals surface area contributed by atoms with Gasteiger partial charge in [0.05, 0.1) is 0 Å². The lowest BCUT2D eigenvalue weighted by Crippen LogP contribution is -2.65. The van der Waals surface area contributed by atoms with Crippen LogP contribution in [-0.4, -0.2) is 39.8 Å². The number of carboxylic acid groups (broad SMARTS) is 1. The first-order valence-corrected chi connectivity index (χ1v) is 6.82. The van der Waals surface area contributed by atoms with Crippen molar-refractivity contribution < 1.29 is 32.6 Å². The smallest absolute Gasteiger partial charge is 0.422 e. The second-order valence-electron chi connectivity index (χ2n) is 5.38. The number of alkyl halides is 3. The zero-order valence-corrected chi connectivity index (χ0v) is 12.9. The Morgan fingerprint density at radius 1 is 1.22 bits per heavy atom. The summed E-state index contributed by atoms with van der Waals surface area (Å²) in [6.07, 6.45) is -6.50.